The number of hydrogen-bond donors (Lipinski definition) is 1. The maximum absolute atomic E-state index is 13.0. The van der Waals surface area contributed by atoms with Crippen LogP contribution in [0.1, 0.15) is 6.42 Å². The molecule has 1 aromatic rings. The second-order valence-electron chi connectivity index (χ2n) is 4.01. The molecule has 2 rings (SSSR count). The van der Waals surface area contributed by atoms with Gasteiger partial charge < -0.3 is 5.11 Å². The summed E-state index contributed by atoms with van der Waals surface area (Å²) >= 11 is 0. The van der Waals surface area contributed by atoms with E-state index in [0.717, 1.165) is 4.31 Å². The molecule has 1 N–H and O–H groups in total. The number of aliphatic hydroxyl groups is 1. The maximum atomic E-state index is 13.0. The summed E-state index contributed by atoms with van der Waals surface area (Å²) in [6.45, 7) is -0.0763. The van der Waals surface area contributed by atoms with Crippen LogP contribution in [0.2, 0.25) is 0 Å². The number of benzene rings is 1. The van der Waals surface area contributed by atoms with Crippen LogP contribution in [0.15, 0.2) is 17.0 Å². The van der Waals surface area contributed by atoms with E-state index in [2.05, 4.69) is 0 Å². The SMILES string of the molecule is O=S(=O)(c1cc(F)c(F)c(F)c1)N1CC[C@H](O)C1. The fourth-order valence-electron chi connectivity index (χ4n) is 1.76. The number of sulfonamides is 1. The molecule has 1 aromatic carbocycles. The molecule has 1 fully saturated rings. The Balaban J connectivity index is 2.42. The van der Waals surface area contributed by atoms with Crippen LogP contribution in [0.5, 0.6) is 0 Å². The number of hydrogen-bond acceptors (Lipinski definition) is 3. The van der Waals surface area contributed by atoms with E-state index in [1.165, 1.54) is 0 Å². The van der Waals surface area contributed by atoms with Gasteiger partial charge in [0.1, 0.15) is 0 Å². The average molecular weight is 281 g/mol. The largest absolute Gasteiger partial charge is 0.392 e. The summed E-state index contributed by atoms with van der Waals surface area (Å²) in [4.78, 5) is -0.659. The predicted molar refractivity (Wildman–Crippen MR) is 55.7 cm³/mol. The fraction of sp³-hybridized carbons (Fsp3) is 0.400. The van der Waals surface area contributed by atoms with E-state index in [4.69, 9.17) is 0 Å². The van der Waals surface area contributed by atoms with Crippen LogP contribution in [0.25, 0.3) is 0 Å². The van der Waals surface area contributed by atoms with Crippen molar-refractivity contribution in [2.24, 2.45) is 0 Å². The van der Waals surface area contributed by atoms with Crippen molar-refractivity contribution in [3.63, 3.8) is 0 Å². The van der Waals surface area contributed by atoms with Crippen LogP contribution in [0, 0.1) is 17.5 Å². The third kappa shape index (κ3) is 2.23. The van der Waals surface area contributed by atoms with Crippen molar-refractivity contribution < 1.29 is 26.7 Å². The molecular formula is C10H10F3NO3S. The fourth-order valence-corrected chi connectivity index (χ4v) is 3.28. The van der Waals surface area contributed by atoms with Gasteiger partial charge in [0.05, 0.1) is 11.0 Å². The van der Waals surface area contributed by atoms with Gasteiger partial charge in [0.25, 0.3) is 0 Å². The van der Waals surface area contributed by atoms with Crippen LogP contribution in [-0.4, -0.2) is 37.0 Å². The molecule has 0 saturated carbocycles. The van der Waals surface area contributed by atoms with Crippen LogP contribution in [0.4, 0.5) is 13.2 Å². The topological polar surface area (TPSA) is 57.6 Å². The second kappa shape index (κ2) is 4.52. The number of rotatable bonds is 2. The van der Waals surface area contributed by atoms with Gasteiger partial charge in [-0.25, -0.2) is 21.6 Å². The second-order valence-corrected chi connectivity index (χ2v) is 5.94. The number of halogens is 3. The minimum absolute atomic E-state index is 0.0596. The van der Waals surface area contributed by atoms with Gasteiger partial charge in [0.2, 0.25) is 10.0 Å². The Morgan fingerprint density at radius 2 is 1.78 bits per heavy atom. The van der Waals surface area contributed by atoms with Crippen LogP contribution >= 0.6 is 0 Å². The first-order valence-electron chi connectivity index (χ1n) is 5.15. The summed E-state index contributed by atoms with van der Waals surface area (Å²) in [5, 5.41) is 9.25. The first kappa shape index (κ1) is 13.3. The molecule has 0 bridgehead atoms. The third-order valence-electron chi connectivity index (χ3n) is 2.72. The van der Waals surface area contributed by atoms with Crippen LogP contribution < -0.4 is 0 Å². The summed E-state index contributed by atoms with van der Waals surface area (Å²) in [7, 11) is -4.11. The van der Waals surface area contributed by atoms with E-state index < -0.39 is 38.5 Å². The van der Waals surface area contributed by atoms with Crippen molar-refractivity contribution in [1.82, 2.24) is 4.31 Å². The van der Waals surface area contributed by atoms with E-state index in [0.29, 0.717) is 12.1 Å². The molecule has 0 spiro atoms. The van der Waals surface area contributed by atoms with E-state index in [1.54, 1.807) is 0 Å². The van der Waals surface area contributed by atoms with Crippen LogP contribution in [0.3, 0.4) is 0 Å². The normalized spacial score (nSPS) is 21.4. The molecule has 100 valence electrons. The molecule has 1 saturated heterocycles. The van der Waals surface area contributed by atoms with Gasteiger partial charge in [-0.15, -0.1) is 0 Å². The highest BCUT2D eigenvalue weighted by atomic mass is 32.2. The Hall–Kier alpha value is -1.12. The molecule has 0 amide bonds. The quantitative estimate of drug-likeness (QED) is 0.818. The smallest absolute Gasteiger partial charge is 0.243 e. The monoisotopic (exact) mass is 281 g/mol. The summed E-state index contributed by atoms with van der Waals surface area (Å²) in [5.41, 5.74) is 0. The van der Waals surface area contributed by atoms with E-state index in [9.17, 15) is 26.7 Å². The van der Waals surface area contributed by atoms with Gasteiger partial charge >= 0.3 is 0 Å². The molecule has 0 aliphatic carbocycles. The summed E-state index contributed by atoms with van der Waals surface area (Å²) < 4.78 is 63.5. The van der Waals surface area contributed by atoms with Gasteiger partial charge in [0, 0.05) is 13.1 Å². The van der Waals surface area contributed by atoms with Crippen molar-refractivity contribution in [3.8, 4) is 0 Å². The maximum Gasteiger partial charge on any atom is 0.243 e. The molecule has 0 aromatic heterocycles. The standard InChI is InChI=1S/C10H10F3NO3S/c11-8-3-7(4-9(12)10(8)13)18(16,17)14-2-1-6(15)5-14/h3-4,6,15H,1-2,5H2/t6-/m0/s1. The molecule has 4 nitrogen and oxygen atoms in total. The van der Waals surface area contributed by atoms with Crippen molar-refractivity contribution in [3.05, 3.63) is 29.6 Å². The Morgan fingerprint density at radius 1 is 1.22 bits per heavy atom. The molecule has 0 radical (unpaired) electrons. The van der Waals surface area contributed by atoms with Gasteiger partial charge in [-0.05, 0) is 18.6 Å². The van der Waals surface area contributed by atoms with E-state index >= 15 is 0 Å². The lowest BCUT2D eigenvalue weighted by atomic mass is 10.3. The van der Waals surface area contributed by atoms with E-state index in [1.807, 2.05) is 0 Å². The molecule has 18 heavy (non-hydrogen) atoms. The molecule has 1 aliphatic rings. The van der Waals surface area contributed by atoms with Gasteiger partial charge in [-0.1, -0.05) is 0 Å². The minimum Gasteiger partial charge on any atom is -0.392 e. The first-order chi connectivity index (χ1) is 8.32. The predicted octanol–water partition coefficient (Wildman–Crippen LogP) is 0.859. The lowest BCUT2D eigenvalue weighted by Crippen LogP contribution is -2.30. The zero-order valence-electron chi connectivity index (χ0n) is 9.11. The number of nitrogens with zero attached hydrogens (tertiary/aromatic N) is 1. The third-order valence-corrected chi connectivity index (χ3v) is 4.56. The van der Waals surface area contributed by atoms with Gasteiger partial charge in [-0.2, -0.15) is 4.31 Å². The Kier molecular flexibility index (Phi) is 3.35. The summed E-state index contributed by atoms with van der Waals surface area (Å²) in [5.74, 6) is -4.84. The molecule has 1 aliphatic heterocycles. The average Bonchev–Trinajstić information content (AvgIpc) is 2.72. The molecule has 8 heteroatoms. The summed E-state index contributed by atoms with van der Waals surface area (Å²) in [6, 6.07) is 0.858. The van der Waals surface area contributed by atoms with E-state index in [-0.39, 0.29) is 19.5 Å². The van der Waals surface area contributed by atoms with Crippen molar-refractivity contribution >= 4 is 10.0 Å². The molecule has 1 heterocycles. The molecular weight excluding hydrogens is 271 g/mol. The molecule has 1 atom stereocenters. The number of aliphatic hydroxyl groups excluding tert-OH is 1. The number of β-amino-alcohol motifs (C(OH)–C–C–N with tert-alkyl or cyclic N) is 1. The highest BCUT2D eigenvalue weighted by Crippen LogP contribution is 2.24. The lowest BCUT2D eigenvalue weighted by Gasteiger charge is -2.15. The lowest BCUT2D eigenvalue weighted by molar-refractivity contribution is 0.189. The van der Waals surface area contributed by atoms with Crippen molar-refractivity contribution in [1.29, 1.82) is 0 Å². The molecule has 0 unspecified atom stereocenters. The Morgan fingerprint density at radius 3 is 2.22 bits per heavy atom. The minimum atomic E-state index is -4.11. The zero-order chi connectivity index (χ0) is 13.5. The van der Waals surface area contributed by atoms with Crippen LogP contribution in [-0.2, 0) is 10.0 Å². The van der Waals surface area contributed by atoms with Crippen molar-refractivity contribution in [2.45, 2.75) is 17.4 Å². The highest BCUT2D eigenvalue weighted by Gasteiger charge is 2.32. The summed E-state index contributed by atoms with van der Waals surface area (Å²) in [6.07, 6.45) is -0.541. The van der Waals surface area contributed by atoms with Gasteiger partial charge in [-0.3, -0.25) is 0 Å². The Bertz CT molecular complexity index is 553. The van der Waals surface area contributed by atoms with Crippen molar-refractivity contribution in [2.75, 3.05) is 13.1 Å². The Labute approximate surface area is 102 Å². The highest BCUT2D eigenvalue weighted by molar-refractivity contribution is 7.89. The van der Waals surface area contributed by atoms with Gasteiger partial charge in [0.15, 0.2) is 17.5 Å². The zero-order valence-corrected chi connectivity index (χ0v) is 9.92. The first-order valence-corrected chi connectivity index (χ1v) is 6.59.